The van der Waals surface area contributed by atoms with Crippen molar-refractivity contribution in [2.45, 2.75) is 257 Å². The van der Waals surface area contributed by atoms with Gasteiger partial charge in [-0.05, 0) is 64.2 Å². The molecular formula is C46H88N2O2. The number of rotatable bonds is 43. The third-order valence-electron chi connectivity index (χ3n) is 10.4. The smallest absolute Gasteiger partial charge is 0.217 e. The lowest BCUT2D eigenvalue weighted by atomic mass is 10.0. The summed E-state index contributed by atoms with van der Waals surface area (Å²) < 4.78 is 0. The molecule has 0 bridgehead atoms. The largest absolute Gasteiger partial charge is 0.370 e. The number of hydrogen-bond acceptors (Lipinski definition) is 2. The summed E-state index contributed by atoms with van der Waals surface area (Å²) in [7, 11) is 0. The van der Waals surface area contributed by atoms with Crippen molar-refractivity contribution in [3.05, 3.63) is 24.3 Å². The number of primary amides is 2. The van der Waals surface area contributed by atoms with Gasteiger partial charge in [-0.15, -0.1) is 0 Å². The van der Waals surface area contributed by atoms with Crippen LogP contribution in [0.5, 0.6) is 0 Å². The van der Waals surface area contributed by atoms with Gasteiger partial charge in [-0.25, -0.2) is 0 Å². The summed E-state index contributed by atoms with van der Waals surface area (Å²) >= 11 is 0. The van der Waals surface area contributed by atoms with Crippen molar-refractivity contribution in [3.8, 4) is 0 Å². The molecular weight excluding hydrogens is 613 g/mol. The maximum atomic E-state index is 10.7. The Labute approximate surface area is 313 Å². The van der Waals surface area contributed by atoms with Gasteiger partial charge in [0.1, 0.15) is 0 Å². The van der Waals surface area contributed by atoms with Crippen LogP contribution in [-0.4, -0.2) is 11.8 Å². The Hall–Kier alpha value is -1.58. The number of unbranched alkanes of at least 4 members (excludes halogenated alkanes) is 35. The van der Waals surface area contributed by atoms with Gasteiger partial charge in [-0.3, -0.25) is 9.59 Å². The van der Waals surface area contributed by atoms with E-state index >= 15 is 0 Å². The minimum Gasteiger partial charge on any atom is -0.370 e. The van der Waals surface area contributed by atoms with Crippen LogP contribution in [0.15, 0.2) is 24.3 Å². The van der Waals surface area contributed by atoms with E-state index in [1.165, 1.54) is 218 Å². The van der Waals surface area contributed by atoms with E-state index in [1.807, 2.05) is 0 Å². The Morgan fingerprint density at radius 1 is 0.240 bits per heavy atom. The van der Waals surface area contributed by atoms with Crippen molar-refractivity contribution in [2.75, 3.05) is 0 Å². The van der Waals surface area contributed by atoms with E-state index < -0.39 is 0 Å². The van der Waals surface area contributed by atoms with Crippen LogP contribution >= 0.6 is 0 Å². The summed E-state index contributed by atoms with van der Waals surface area (Å²) in [5.74, 6) is -0.312. The average Bonchev–Trinajstić information content (AvgIpc) is 3.10. The molecule has 294 valence electrons. The fraction of sp³-hybridized carbons (Fsp3) is 0.870. The fourth-order valence-electron chi connectivity index (χ4n) is 7.07. The molecule has 0 aromatic carbocycles. The SMILES string of the molecule is NC(=O)CCCCCCCCCCCC=CCCCCCCCCCCCCCCCCCCC=CCCCCCCCCCCCC(N)=O. The molecule has 0 unspecified atom stereocenters. The van der Waals surface area contributed by atoms with E-state index in [2.05, 4.69) is 24.3 Å². The Balaban J connectivity index is 3.14. The molecule has 4 heteroatoms. The first-order valence-electron chi connectivity index (χ1n) is 22.5. The van der Waals surface area contributed by atoms with E-state index in [1.54, 1.807) is 0 Å². The van der Waals surface area contributed by atoms with Crippen LogP contribution in [0.1, 0.15) is 257 Å². The standard InChI is InChI=1S/C46H88N2O2/c47-45(49)43-41-39-37-35-33-31-29-27-25-23-21-19-17-15-13-11-9-7-5-3-1-2-4-6-8-10-12-14-16-18-20-22-24-26-28-30-32-34-36-38-40-42-44-46(48)50/h19-22H,1-18,23-44H2,(H2,47,49)(H2,48,50). The first kappa shape index (κ1) is 48.4. The van der Waals surface area contributed by atoms with Gasteiger partial charge in [0.2, 0.25) is 11.8 Å². The quantitative estimate of drug-likeness (QED) is 0.0490. The molecule has 0 aromatic heterocycles. The van der Waals surface area contributed by atoms with Crippen LogP contribution in [0.25, 0.3) is 0 Å². The third-order valence-corrected chi connectivity index (χ3v) is 10.4. The molecule has 0 aliphatic heterocycles. The van der Waals surface area contributed by atoms with E-state index in [-0.39, 0.29) is 11.8 Å². The fourth-order valence-corrected chi connectivity index (χ4v) is 7.07. The van der Waals surface area contributed by atoms with Gasteiger partial charge in [0.25, 0.3) is 0 Å². The first-order valence-corrected chi connectivity index (χ1v) is 22.5. The summed E-state index contributed by atoms with van der Waals surface area (Å²) in [6.07, 6.45) is 61.9. The van der Waals surface area contributed by atoms with Crippen LogP contribution in [0.3, 0.4) is 0 Å². The first-order chi connectivity index (χ1) is 24.6. The molecule has 0 fully saturated rings. The van der Waals surface area contributed by atoms with E-state index in [0.717, 1.165) is 25.7 Å². The van der Waals surface area contributed by atoms with Crippen LogP contribution in [0.4, 0.5) is 0 Å². The molecule has 4 nitrogen and oxygen atoms in total. The average molecular weight is 701 g/mol. The van der Waals surface area contributed by atoms with E-state index in [0.29, 0.717) is 12.8 Å². The molecule has 0 aliphatic rings. The topological polar surface area (TPSA) is 86.2 Å². The number of carbonyl (C=O) groups is 2. The van der Waals surface area contributed by atoms with Gasteiger partial charge in [-0.1, -0.05) is 204 Å². The molecule has 0 spiro atoms. The maximum Gasteiger partial charge on any atom is 0.217 e. The third kappa shape index (κ3) is 46.4. The highest BCUT2D eigenvalue weighted by molar-refractivity contribution is 5.73. The lowest BCUT2D eigenvalue weighted by molar-refractivity contribution is -0.119. The zero-order valence-electron chi connectivity index (χ0n) is 33.6. The number of amides is 2. The minimum absolute atomic E-state index is 0.156. The molecule has 50 heavy (non-hydrogen) atoms. The van der Waals surface area contributed by atoms with Gasteiger partial charge >= 0.3 is 0 Å². The highest BCUT2D eigenvalue weighted by Crippen LogP contribution is 2.16. The van der Waals surface area contributed by atoms with Crippen molar-refractivity contribution in [1.29, 1.82) is 0 Å². The van der Waals surface area contributed by atoms with Crippen LogP contribution in [-0.2, 0) is 9.59 Å². The van der Waals surface area contributed by atoms with Crippen molar-refractivity contribution in [1.82, 2.24) is 0 Å². The lowest BCUT2D eigenvalue weighted by Crippen LogP contribution is -2.09. The maximum absolute atomic E-state index is 10.7. The van der Waals surface area contributed by atoms with Gasteiger partial charge in [0.05, 0.1) is 0 Å². The monoisotopic (exact) mass is 701 g/mol. The predicted octanol–water partition coefficient (Wildman–Crippen LogP) is 14.7. The second-order valence-electron chi connectivity index (χ2n) is 15.6. The van der Waals surface area contributed by atoms with Crippen LogP contribution in [0.2, 0.25) is 0 Å². The Bertz CT molecular complexity index is 684. The minimum atomic E-state index is -0.156. The van der Waals surface area contributed by atoms with Gasteiger partial charge < -0.3 is 11.5 Å². The van der Waals surface area contributed by atoms with Crippen molar-refractivity contribution >= 4 is 11.8 Å². The van der Waals surface area contributed by atoms with Gasteiger partial charge in [0, 0.05) is 12.8 Å². The summed E-state index contributed by atoms with van der Waals surface area (Å²) in [6.45, 7) is 0. The Kier molecular flexibility index (Phi) is 42.2. The second kappa shape index (κ2) is 43.6. The molecule has 0 atom stereocenters. The van der Waals surface area contributed by atoms with E-state index in [9.17, 15) is 9.59 Å². The lowest BCUT2D eigenvalue weighted by Gasteiger charge is -2.03. The van der Waals surface area contributed by atoms with Crippen molar-refractivity contribution in [3.63, 3.8) is 0 Å². The second-order valence-corrected chi connectivity index (χ2v) is 15.6. The number of carbonyl (C=O) groups excluding carboxylic acids is 2. The zero-order chi connectivity index (χ0) is 36.3. The molecule has 4 N–H and O–H groups in total. The van der Waals surface area contributed by atoms with Crippen molar-refractivity contribution < 1.29 is 9.59 Å². The Morgan fingerprint density at radius 3 is 0.540 bits per heavy atom. The summed E-state index contributed by atoms with van der Waals surface area (Å²) in [5, 5.41) is 0. The highest BCUT2D eigenvalue weighted by Gasteiger charge is 1.98. The highest BCUT2D eigenvalue weighted by atomic mass is 16.1. The molecule has 0 aromatic rings. The summed E-state index contributed by atoms with van der Waals surface area (Å²) in [6, 6.07) is 0. The van der Waals surface area contributed by atoms with Crippen molar-refractivity contribution in [2.24, 2.45) is 11.5 Å². The molecule has 0 saturated heterocycles. The molecule has 2 amide bonds. The number of allylic oxidation sites excluding steroid dienone is 4. The molecule has 0 radical (unpaired) electrons. The van der Waals surface area contributed by atoms with Crippen LogP contribution < -0.4 is 11.5 Å². The Morgan fingerprint density at radius 2 is 0.380 bits per heavy atom. The number of hydrogen-bond donors (Lipinski definition) is 2. The molecule has 0 aliphatic carbocycles. The zero-order valence-corrected chi connectivity index (χ0v) is 33.6. The molecule has 0 rings (SSSR count). The van der Waals surface area contributed by atoms with Gasteiger partial charge in [-0.2, -0.15) is 0 Å². The summed E-state index contributed by atoms with van der Waals surface area (Å²) in [5.41, 5.74) is 10.4. The molecule has 0 saturated carbocycles. The van der Waals surface area contributed by atoms with Crippen LogP contribution in [0, 0.1) is 0 Å². The normalized spacial score (nSPS) is 11.8. The van der Waals surface area contributed by atoms with E-state index in [4.69, 9.17) is 11.5 Å². The predicted molar refractivity (Wildman–Crippen MR) is 221 cm³/mol. The number of nitrogens with two attached hydrogens (primary N) is 2. The molecule has 0 heterocycles. The summed E-state index contributed by atoms with van der Waals surface area (Å²) in [4.78, 5) is 21.4. The van der Waals surface area contributed by atoms with Gasteiger partial charge in [0.15, 0.2) is 0 Å².